The summed E-state index contributed by atoms with van der Waals surface area (Å²) < 4.78 is 0. The predicted octanol–water partition coefficient (Wildman–Crippen LogP) is 2.06. The first kappa shape index (κ1) is 13.3. The zero-order chi connectivity index (χ0) is 10.9. The Labute approximate surface area is 99.2 Å². The standard InChI is InChI=1S/C12H26N2S/c1-3-14(2)9-8-13-7-4-12-5-10-15-11-6-12/h12-13H,3-11H2,1-2H3. The lowest BCUT2D eigenvalue weighted by atomic mass is 9.99. The van der Waals surface area contributed by atoms with Gasteiger partial charge in [0.05, 0.1) is 0 Å². The molecule has 0 aliphatic carbocycles. The molecule has 0 spiro atoms. The van der Waals surface area contributed by atoms with Gasteiger partial charge in [0, 0.05) is 13.1 Å². The van der Waals surface area contributed by atoms with Crippen molar-refractivity contribution in [2.24, 2.45) is 5.92 Å². The van der Waals surface area contributed by atoms with Crippen molar-refractivity contribution in [2.75, 3.05) is 44.7 Å². The maximum atomic E-state index is 3.55. The molecule has 0 atom stereocenters. The van der Waals surface area contributed by atoms with Crippen LogP contribution in [0.2, 0.25) is 0 Å². The summed E-state index contributed by atoms with van der Waals surface area (Å²) in [4.78, 5) is 2.35. The van der Waals surface area contributed by atoms with Crippen molar-refractivity contribution >= 4 is 11.8 Å². The minimum Gasteiger partial charge on any atom is -0.315 e. The van der Waals surface area contributed by atoms with Gasteiger partial charge in [-0.25, -0.2) is 0 Å². The fourth-order valence-electron chi connectivity index (χ4n) is 1.89. The van der Waals surface area contributed by atoms with Crippen molar-refractivity contribution < 1.29 is 0 Å². The van der Waals surface area contributed by atoms with Crippen molar-refractivity contribution in [3.05, 3.63) is 0 Å². The zero-order valence-corrected chi connectivity index (χ0v) is 11.1. The molecule has 0 aromatic heterocycles. The molecule has 1 aliphatic rings. The first-order valence-corrected chi connectivity index (χ1v) is 7.45. The lowest BCUT2D eigenvalue weighted by molar-refractivity contribution is 0.344. The molecule has 0 radical (unpaired) electrons. The first-order chi connectivity index (χ1) is 7.33. The molecular formula is C12H26N2S. The molecule has 2 nitrogen and oxygen atoms in total. The monoisotopic (exact) mass is 230 g/mol. The molecule has 1 rings (SSSR count). The third kappa shape index (κ3) is 6.44. The molecule has 0 saturated carbocycles. The number of hydrogen-bond donors (Lipinski definition) is 1. The van der Waals surface area contributed by atoms with Gasteiger partial charge in [-0.15, -0.1) is 0 Å². The van der Waals surface area contributed by atoms with Crippen LogP contribution in [0.3, 0.4) is 0 Å². The maximum Gasteiger partial charge on any atom is 0.0104 e. The highest BCUT2D eigenvalue weighted by Crippen LogP contribution is 2.24. The number of nitrogens with one attached hydrogen (secondary N) is 1. The van der Waals surface area contributed by atoms with Crippen LogP contribution in [0.15, 0.2) is 0 Å². The number of hydrogen-bond acceptors (Lipinski definition) is 3. The number of thioether (sulfide) groups is 1. The Bertz CT molecular complexity index is 147. The minimum absolute atomic E-state index is 1.00. The Morgan fingerprint density at radius 1 is 1.27 bits per heavy atom. The number of nitrogens with zero attached hydrogens (tertiary/aromatic N) is 1. The van der Waals surface area contributed by atoms with Crippen LogP contribution in [0.4, 0.5) is 0 Å². The summed E-state index contributed by atoms with van der Waals surface area (Å²) in [7, 11) is 2.18. The van der Waals surface area contributed by atoms with E-state index in [0.717, 1.165) is 19.0 Å². The summed E-state index contributed by atoms with van der Waals surface area (Å²) in [6, 6.07) is 0. The maximum absolute atomic E-state index is 3.55. The predicted molar refractivity (Wildman–Crippen MR) is 70.7 cm³/mol. The quantitative estimate of drug-likeness (QED) is 0.674. The molecule has 0 aromatic carbocycles. The van der Waals surface area contributed by atoms with Gasteiger partial charge in [-0.05, 0) is 56.8 Å². The van der Waals surface area contributed by atoms with Gasteiger partial charge in [0.25, 0.3) is 0 Å². The lowest BCUT2D eigenvalue weighted by Gasteiger charge is -2.21. The van der Waals surface area contributed by atoms with E-state index in [0.29, 0.717) is 0 Å². The second-order valence-electron chi connectivity index (χ2n) is 4.49. The highest BCUT2D eigenvalue weighted by molar-refractivity contribution is 7.99. The Kier molecular flexibility index (Phi) is 7.49. The van der Waals surface area contributed by atoms with Crippen LogP contribution in [0, 0.1) is 5.92 Å². The van der Waals surface area contributed by atoms with Crippen molar-refractivity contribution in [2.45, 2.75) is 26.2 Å². The normalized spacial score (nSPS) is 18.6. The van der Waals surface area contributed by atoms with E-state index in [9.17, 15) is 0 Å². The molecule has 0 amide bonds. The molecule has 15 heavy (non-hydrogen) atoms. The van der Waals surface area contributed by atoms with E-state index in [1.54, 1.807) is 0 Å². The molecule has 0 aromatic rings. The fourth-order valence-corrected chi connectivity index (χ4v) is 3.10. The molecule has 1 aliphatic heterocycles. The summed E-state index contributed by atoms with van der Waals surface area (Å²) >= 11 is 2.12. The first-order valence-electron chi connectivity index (χ1n) is 6.30. The van der Waals surface area contributed by atoms with Crippen LogP contribution in [-0.4, -0.2) is 49.6 Å². The highest BCUT2D eigenvalue weighted by atomic mass is 32.2. The summed E-state index contributed by atoms with van der Waals surface area (Å²) in [5.74, 6) is 3.79. The third-order valence-electron chi connectivity index (χ3n) is 3.28. The molecule has 90 valence electrons. The largest absolute Gasteiger partial charge is 0.315 e. The summed E-state index contributed by atoms with van der Waals surface area (Å²) in [5.41, 5.74) is 0. The van der Waals surface area contributed by atoms with Crippen LogP contribution >= 0.6 is 11.8 Å². The van der Waals surface area contributed by atoms with E-state index in [2.05, 4.69) is 35.9 Å². The second kappa shape index (κ2) is 8.43. The smallest absolute Gasteiger partial charge is 0.0104 e. The summed E-state index contributed by atoms with van der Waals surface area (Å²) in [5, 5.41) is 3.55. The number of likely N-dealkylation sites (N-methyl/N-ethyl adjacent to an activating group) is 1. The van der Waals surface area contributed by atoms with Crippen LogP contribution in [0.25, 0.3) is 0 Å². The van der Waals surface area contributed by atoms with Crippen molar-refractivity contribution in [3.63, 3.8) is 0 Å². The van der Waals surface area contributed by atoms with Gasteiger partial charge in [-0.2, -0.15) is 11.8 Å². The van der Waals surface area contributed by atoms with Gasteiger partial charge >= 0.3 is 0 Å². The molecule has 0 unspecified atom stereocenters. The minimum atomic E-state index is 1.00. The van der Waals surface area contributed by atoms with Crippen molar-refractivity contribution in [3.8, 4) is 0 Å². The number of rotatable bonds is 7. The van der Waals surface area contributed by atoms with Crippen LogP contribution in [0.5, 0.6) is 0 Å². The zero-order valence-electron chi connectivity index (χ0n) is 10.3. The second-order valence-corrected chi connectivity index (χ2v) is 5.72. The van der Waals surface area contributed by atoms with Gasteiger partial charge in [-0.1, -0.05) is 6.92 Å². The lowest BCUT2D eigenvalue weighted by Crippen LogP contribution is -2.30. The SMILES string of the molecule is CCN(C)CCNCCC1CCSCC1. The van der Waals surface area contributed by atoms with E-state index in [1.807, 2.05) is 0 Å². The Balaban J connectivity index is 1.87. The molecule has 1 fully saturated rings. The average molecular weight is 230 g/mol. The van der Waals surface area contributed by atoms with Gasteiger partial charge in [-0.3, -0.25) is 0 Å². The Morgan fingerprint density at radius 3 is 2.67 bits per heavy atom. The van der Waals surface area contributed by atoms with Gasteiger partial charge in [0.15, 0.2) is 0 Å². The topological polar surface area (TPSA) is 15.3 Å². The molecule has 3 heteroatoms. The van der Waals surface area contributed by atoms with Gasteiger partial charge in [0.2, 0.25) is 0 Å². The molecule has 1 N–H and O–H groups in total. The van der Waals surface area contributed by atoms with E-state index in [1.165, 1.54) is 43.9 Å². The molecule has 1 saturated heterocycles. The molecule has 0 bridgehead atoms. The van der Waals surface area contributed by atoms with Crippen LogP contribution < -0.4 is 5.32 Å². The average Bonchev–Trinajstić information content (AvgIpc) is 2.29. The highest BCUT2D eigenvalue weighted by Gasteiger charge is 2.12. The van der Waals surface area contributed by atoms with Crippen LogP contribution in [0.1, 0.15) is 26.2 Å². The molecular weight excluding hydrogens is 204 g/mol. The Hall–Kier alpha value is 0.270. The fraction of sp³-hybridized carbons (Fsp3) is 1.00. The van der Waals surface area contributed by atoms with Crippen molar-refractivity contribution in [1.82, 2.24) is 10.2 Å². The summed E-state index contributed by atoms with van der Waals surface area (Å²) in [6.45, 7) is 6.90. The molecule has 1 heterocycles. The van der Waals surface area contributed by atoms with E-state index in [4.69, 9.17) is 0 Å². The van der Waals surface area contributed by atoms with E-state index in [-0.39, 0.29) is 0 Å². The van der Waals surface area contributed by atoms with Crippen molar-refractivity contribution in [1.29, 1.82) is 0 Å². The van der Waals surface area contributed by atoms with E-state index < -0.39 is 0 Å². The van der Waals surface area contributed by atoms with Crippen LogP contribution in [-0.2, 0) is 0 Å². The summed E-state index contributed by atoms with van der Waals surface area (Å²) in [6.07, 6.45) is 4.28. The van der Waals surface area contributed by atoms with Gasteiger partial charge < -0.3 is 10.2 Å². The Morgan fingerprint density at radius 2 is 2.00 bits per heavy atom. The van der Waals surface area contributed by atoms with E-state index >= 15 is 0 Å². The van der Waals surface area contributed by atoms with Gasteiger partial charge in [0.1, 0.15) is 0 Å². The third-order valence-corrected chi connectivity index (χ3v) is 4.33.